The third-order valence-corrected chi connectivity index (χ3v) is 6.35. The fourth-order valence-corrected chi connectivity index (χ4v) is 4.44. The predicted octanol–water partition coefficient (Wildman–Crippen LogP) is 4.32. The molecule has 0 atom stereocenters. The number of benzene rings is 2. The van der Waals surface area contributed by atoms with Crippen molar-refractivity contribution in [2.45, 2.75) is 6.42 Å². The third kappa shape index (κ3) is 5.21. The van der Waals surface area contributed by atoms with Gasteiger partial charge in [0.25, 0.3) is 5.91 Å². The molecule has 32 heavy (non-hydrogen) atoms. The van der Waals surface area contributed by atoms with Crippen molar-refractivity contribution in [1.82, 2.24) is 4.90 Å². The first kappa shape index (κ1) is 22.9. The van der Waals surface area contributed by atoms with Gasteiger partial charge in [-0.2, -0.15) is 0 Å². The summed E-state index contributed by atoms with van der Waals surface area (Å²) in [6.07, 6.45) is 3.92. The molecule has 8 heteroatoms. The van der Waals surface area contributed by atoms with Crippen LogP contribution in [-0.2, 0) is 16.0 Å². The van der Waals surface area contributed by atoms with Crippen molar-refractivity contribution in [2.75, 3.05) is 58.0 Å². The van der Waals surface area contributed by atoms with Crippen molar-refractivity contribution in [3.8, 4) is 11.5 Å². The topological polar surface area (TPSA) is 51.2 Å². The van der Waals surface area contributed by atoms with E-state index in [2.05, 4.69) is 4.90 Å². The molecule has 1 fully saturated rings. The van der Waals surface area contributed by atoms with E-state index in [0.717, 1.165) is 50.5 Å². The van der Waals surface area contributed by atoms with Crippen LogP contribution in [0.15, 0.2) is 36.4 Å². The van der Waals surface area contributed by atoms with Crippen LogP contribution in [0.1, 0.15) is 11.1 Å². The van der Waals surface area contributed by atoms with Gasteiger partial charge in [0, 0.05) is 53.9 Å². The summed E-state index contributed by atoms with van der Waals surface area (Å²) in [5.41, 5.74) is 2.53. The number of rotatable bonds is 7. The molecule has 0 radical (unpaired) electrons. The van der Waals surface area contributed by atoms with E-state index >= 15 is 0 Å². The number of carbonyl (C=O) groups is 1. The van der Waals surface area contributed by atoms with E-state index < -0.39 is 0 Å². The van der Waals surface area contributed by atoms with Gasteiger partial charge >= 0.3 is 0 Å². The van der Waals surface area contributed by atoms with Gasteiger partial charge in [0.05, 0.1) is 26.0 Å². The van der Waals surface area contributed by atoms with Gasteiger partial charge < -0.3 is 19.1 Å². The van der Waals surface area contributed by atoms with Crippen LogP contribution in [-0.4, -0.2) is 63.9 Å². The average molecular weight is 477 g/mol. The second-order valence-corrected chi connectivity index (χ2v) is 8.46. The number of nitrogens with zero attached hydrogens (tertiary/aromatic N) is 2. The number of methoxy groups -OCH3 is 1. The van der Waals surface area contributed by atoms with Gasteiger partial charge in [-0.05, 0) is 36.3 Å². The van der Waals surface area contributed by atoms with E-state index in [1.807, 2.05) is 12.1 Å². The highest BCUT2D eigenvalue weighted by Crippen LogP contribution is 2.39. The molecule has 2 heterocycles. The van der Waals surface area contributed by atoms with Gasteiger partial charge in [0.1, 0.15) is 6.61 Å². The zero-order valence-corrected chi connectivity index (χ0v) is 19.5. The van der Waals surface area contributed by atoms with Crippen LogP contribution in [0.5, 0.6) is 11.5 Å². The van der Waals surface area contributed by atoms with E-state index in [4.69, 9.17) is 37.4 Å². The smallest absolute Gasteiger partial charge is 0.251 e. The minimum atomic E-state index is -0.135. The van der Waals surface area contributed by atoms with Crippen molar-refractivity contribution in [3.05, 3.63) is 57.6 Å². The van der Waals surface area contributed by atoms with Crippen LogP contribution < -0.4 is 14.4 Å². The molecular weight excluding hydrogens is 451 g/mol. The monoisotopic (exact) mass is 476 g/mol. The fraction of sp³-hybridized carbons (Fsp3) is 0.375. The quantitative estimate of drug-likeness (QED) is 0.557. The highest BCUT2D eigenvalue weighted by molar-refractivity contribution is 6.37. The lowest BCUT2D eigenvalue weighted by molar-refractivity contribution is -0.114. The molecule has 0 N–H and O–H groups in total. The summed E-state index contributed by atoms with van der Waals surface area (Å²) < 4.78 is 17.0. The Morgan fingerprint density at radius 1 is 1.12 bits per heavy atom. The highest BCUT2D eigenvalue weighted by Gasteiger charge is 2.26. The van der Waals surface area contributed by atoms with Gasteiger partial charge in [-0.3, -0.25) is 9.69 Å². The number of hydrogen-bond acceptors (Lipinski definition) is 5. The maximum Gasteiger partial charge on any atom is 0.251 e. The van der Waals surface area contributed by atoms with E-state index in [9.17, 15) is 4.79 Å². The van der Waals surface area contributed by atoms with Gasteiger partial charge in [-0.15, -0.1) is 0 Å². The Balaban J connectivity index is 1.47. The Labute approximate surface area is 198 Å². The molecule has 1 saturated heterocycles. The molecule has 170 valence electrons. The fourth-order valence-electron chi connectivity index (χ4n) is 3.92. The van der Waals surface area contributed by atoms with Crippen LogP contribution in [0.3, 0.4) is 0 Å². The largest absolute Gasteiger partial charge is 0.493 e. The molecule has 2 aliphatic heterocycles. The number of anilines is 1. The first-order chi connectivity index (χ1) is 15.6. The SMILES string of the molecule is COc1cc2c(cc1OCCN1CCOCC1)N(C(=O)/C=C/c1c(Cl)cccc1Cl)CC2. The molecule has 0 spiro atoms. The van der Waals surface area contributed by atoms with Crippen molar-refractivity contribution in [3.63, 3.8) is 0 Å². The van der Waals surface area contributed by atoms with Crippen LogP contribution >= 0.6 is 23.2 Å². The van der Waals surface area contributed by atoms with E-state index in [1.54, 1.807) is 36.3 Å². The van der Waals surface area contributed by atoms with E-state index in [-0.39, 0.29) is 5.91 Å². The Hall–Kier alpha value is -2.25. The van der Waals surface area contributed by atoms with Crippen LogP contribution in [0.4, 0.5) is 5.69 Å². The molecule has 6 nitrogen and oxygen atoms in total. The summed E-state index contributed by atoms with van der Waals surface area (Å²) in [5, 5.41) is 1.01. The van der Waals surface area contributed by atoms with Crippen molar-refractivity contribution >= 4 is 40.9 Å². The molecule has 0 bridgehead atoms. The Morgan fingerprint density at radius 2 is 1.88 bits per heavy atom. The van der Waals surface area contributed by atoms with E-state index in [1.165, 1.54) is 6.08 Å². The van der Waals surface area contributed by atoms with Gasteiger partial charge in [-0.25, -0.2) is 0 Å². The summed E-state index contributed by atoms with van der Waals surface area (Å²) >= 11 is 12.4. The molecule has 0 aliphatic carbocycles. The summed E-state index contributed by atoms with van der Waals surface area (Å²) in [6, 6.07) is 9.12. The summed E-state index contributed by atoms with van der Waals surface area (Å²) in [7, 11) is 1.63. The number of morpholine rings is 1. The second kappa shape index (κ2) is 10.6. The lowest BCUT2D eigenvalue weighted by Gasteiger charge is -2.26. The lowest BCUT2D eigenvalue weighted by atomic mass is 10.1. The molecule has 0 aromatic heterocycles. The number of halogens is 2. The van der Waals surface area contributed by atoms with Gasteiger partial charge in [-0.1, -0.05) is 29.3 Å². The molecule has 0 unspecified atom stereocenters. The first-order valence-corrected chi connectivity index (χ1v) is 11.4. The van der Waals surface area contributed by atoms with Crippen molar-refractivity contribution in [2.24, 2.45) is 0 Å². The standard InChI is InChI=1S/C24H26Cl2N2O4/c1-30-22-15-17-7-8-28(24(29)6-5-18-19(25)3-2-4-20(18)26)21(17)16-23(22)32-14-11-27-9-12-31-13-10-27/h2-6,15-16H,7-14H2,1H3/b6-5+. The molecule has 4 rings (SSSR count). The van der Waals surface area contributed by atoms with Crippen LogP contribution in [0.2, 0.25) is 10.0 Å². The first-order valence-electron chi connectivity index (χ1n) is 10.6. The second-order valence-electron chi connectivity index (χ2n) is 7.64. The highest BCUT2D eigenvalue weighted by atomic mass is 35.5. The molecule has 0 saturated carbocycles. The summed E-state index contributed by atoms with van der Waals surface area (Å²) in [5.74, 6) is 1.18. The summed E-state index contributed by atoms with van der Waals surface area (Å²) in [6.45, 7) is 5.28. The van der Waals surface area contributed by atoms with Crippen LogP contribution in [0, 0.1) is 0 Å². The Kier molecular flexibility index (Phi) is 7.58. The Bertz CT molecular complexity index is 985. The zero-order chi connectivity index (χ0) is 22.5. The van der Waals surface area contributed by atoms with Crippen molar-refractivity contribution < 1.29 is 19.0 Å². The molecule has 2 aliphatic rings. The van der Waals surface area contributed by atoms with Crippen molar-refractivity contribution in [1.29, 1.82) is 0 Å². The number of carbonyl (C=O) groups excluding carboxylic acids is 1. The number of fused-ring (bicyclic) bond motifs is 1. The maximum atomic E-state index is 13.0. The average Bonchev–Trinajstić information content (AvgIpc) is 3.21. The molecule has 1 amide bonds. The normalized spacial score (nSPS) is 16.4. The third-order valence-electron chi connectivity index (χ3n) is 5.69. The number of ether oxygens (including phenoxy) is 3. The van der Waals surface area contributed by atoms with Gasteiger partial charge in [0.2, 0.25) is 0 Å². The predicted molar refractivity (Wildman–Crippen MR) is 127 cm³/mol. The minimum absolute atomic E-state index is 0.135. The minimum Gasteiger partial charge on any atom is -0.493 e. The maximum absolute atomic E-state index is 13.0. The molecular formula is C24H26Cl2N2O4. The van der Waals surface area contributed by atoms with Gasteiger partial charge in [0.15, 0.2) is 11.5 Å². The molecule has 2 aromatic rings. The summed E-state index contributed by atoms with van der Waals surface area (Å²) in [4.78, 5) is 17.0. The Morgan fingerprint density at radius 3 is 2.59 bits per heavy atom. The van der Waals surface area contributed by atoms with Crippen LogP contribution in [0.25, 0.3) is 6.08 Å². The molecule has 2 aromatic carbocycles. The lowest BCUT2D eigenvalue weighted by Crippen LogP contribution is -2.38. The zero-order valence-electron chi connectivity index (χ0n) is 18.0. The number of amides is 1. The van der Waals surface area contributed by atoms with E-state index in [0.29, 0.717) is 40.3 Å². The number of hydrogen-bond donors (Lipinski definition) is 0.